The van der Waals surface area contributed by atoms with Crippen LogP contribution in [0.15, 0.2) is 359 Å². The summed E-state index contributed by atoms with van der Waals surface area (Å²) in [5.41, 5.74) is 31.2. The minimum atomic E-state index is 0.673. The molecule has 0 bridgehead atoms. The van der Waals surface area contributed by atoms with Crippen LogP contribution in [0.5, 0.6) is 0 Å². The lowest BCUT2D eigenvalue weighted by Gasteiger charge is -2.08. The number of aromatic nitrogens is 9. The Hall–Kier alpha value is -14.7. The SMILES string of the molecule is CC.CC.CC.CC.CC.CC.CC.CC.CC.CC.CC.CC.CC.CC.CC.CC.Cc1ccc(-c2ccccc2)cc1-c1cccc[n+]1C.Cc1ccc2c(oc3ccccc32)c1-c1cccc[n+]1C.Cc1ccc2c(oc3ncccc32)c1-c1ccc(-c2ccccc2)c[n+]1C.Cc1ccc2c(oc3ncccc32)c1-c1ccc(-c2ccccn2)c[n+]1C.Cc1ccc2c(oc3ncccc32)c1-c1cccc[n+]1C. The number of para-hydroxylation sites is 1. The Bertz CT molecular complexity index is 6870. The molecule has 786 valence electrons. The molecule has 8 aromatic carbocycles. The Labute approximate surface area is 892 Å². The Morgan fingerprint density at radius 3 is 0.818 bits per heavy atom. The van der Waals surface area contributed by atoms with Gasteiger partial charge < -0.3 is 17.7 Å². The molecule has 13 aromatic heterocycles. The van der Waals surface area contributed by atoms with Crippen LogP contribution in [0.2, 0.25) is 0 Å². The number of hydrogen-bond acceptors (Lipinski definition) is 8. The lowest BCUT2D eigenvalue weighted by molar-refractivity contribution is -0.660. The van der Waals surface area contributed by atoms with E-state index in [0.29, 0.717) is 17.1 Å². The van der Waals surface area contributed by atoms with Gasteiger partial charge in [-0.2, -0.15) is 0 Å². The van der Waals surface area contributed by atoms with Crippen LogP contribution >= 0.6 is 0 Å². The maximum atomic E-state index is 6.16. The number of furan rings is 4. The molecule has 148 heavy (non-hydrogen) atoms. The number of aryl methyl sites for hydroxylation is 10. The molecule has 13 heteroatoms. The van der Waals surface area contributed by atoms with E-state index >= 15 is 0 Å². The van der Waals surface area contributed by atoms with Crippen molar-refractivity contribution in [1.29, 1.82) is 0 Å². The van der Waals surface area contributed by atoms with Gasteiger partial charge in [-0.3, -0.25) is 4.98 Å². The van der Waals surface area contributed by atoms with Crippen molar-refractivity contribution in [1.82, 2.24) is 19.9 Å². The predicted octanol–water partition coefficient (Wildman–Crippen LogP) is 39.0. The quantitative estimate of drug-likeness (QED) is 0.138. The molecule has 0 N–H and O–H groups in total. The van der Waals surface area contributed by atoms with Crippen molar-refractivity contribution in [3.8, 4) is 89.8 Å². The highest BCUT2D eigenvalue weighted by Crippen LogP contribution is 2.42. The number of nitrogens with zero attached hydrogens (tertiary/aromatic N) is 9. The maximum Gasteiger partial charge on any atom is 0.227 e. The summed E-state index contributed by atoms with van der Waals surface area (Å²) in [5, 5.41) is 8.81. The van der Waals surface area contributed by atoms with Crippen LogP contribution in [0.25, 0.3) is 178 Å². The predicted molar refractivity (Wildman–Crippen MR) is 647 cm³/mol. The third-order valence-corrected chi connectivity index (χ3v) is 21.8. The number of hydrogen-bond donors (Lipinski definition) is 0. The van der Waals surface area contributed by atoms with Crippen LogP contribution in [-0.2, 0) is 35.2 Å². The maximum absolute atomic E-state index is 6.16. The van der Waals surface area contributed by atoms with Crippen molar-refractivity contribution in [3.05, 3.63) is 369 Å². The van der Waals surface area contributed by atoms with Gasteiger partial charge in [0.2, 0.25) is 45.6 Å². The van der Waals surface area contributed by atoms with Crippen molar-refractivity contribution in [2.45, 2.75) is 256 Å². The second-order valence-corrected chi connectivity index (χ2v) is 29.4. The molecule has 21 aromatic rings. The lowest BCUT2D eigenvalue weighted by atomic mass is 9.97. The summed E-state index contributed by atoms with van der Waals surface area (Å²) in [4.78, 5) is 17.5. The molecule has 0 unspecified atom stereocenters. The Morgan fingerprint density at radius 1 is 0.189 bits per heavy atom. The highest BCUT2D eigenvalue weighted by atomic mass is 16.4. The summed E-state index contributed by atoms with van der Waals surface area (Å²) < 4.78 is 35.2. The molecule has 0 atom stereocenters. The number of pyridine rings is 9. The first-order valence-corrected chi connectivity index (χ1v) is 54.9. The normalized spacial score (nSPS) is 9.42. The second kappa shape index (κ2) is 74.2. The third kappa shape index (κ3) is 33.7. The highest BCUT2D eigenvalue weighted by Gasteiger charge is 2.27. The second-order valence-electron chi connectivity index (χ2n) is 29.4. The van der Waals surface area contributed by atoms with Gasteiger partial charge >= 0.3 is 0 Å². The largest absolute Gasteiger partial charge is 0.455 e. The fourth-order valence-corrected chi connectivity index (χ4v) is 15.8. The molecule has 0 aliphatic heterocycles. The van der Waals surface area contributed by atoms with E-state index in [0.717, 1.165) is 105 Å². The number of benzene rings is 8. The molecule has 21 rings (SSSR count). The highest BCUT2D eigenvalue weighted by molar-refractivity contribution is 6.12. The van der Waals surface area contributed by atoms with Gasteiger partial charge in [0.25, 0.3) is 0 Å². The van der Waals surface area contributed by atoms with Crippen LogP contribution in [0, 0.1) is 34.6 Å². The monoisotopic (exact) mass is 1990 g/mol. The van der Waals surface area contributed by atoms with E-state index in [4.69, 9.17) is 17.7 Å². The standard InChI is InChI=1S/C24H19N2O.C23H18N3O.C19H16NO.C19H18N.C18H15N2O.16C2H6/c1-16-10-12-19-20-9-6-14-25-24(20)27-23(19)22(16)21-13-11-18(15-26(21)2)17-7-4-3-5-8-17;1-15-8-10-17-18-6-5-13-25-23(18)27-22(17)21(15)20-11-9-16(14-26(20)2)19-7-3-4-12-24-19;1-13-10-11-15-14-7-3-4-9-17(14)21-19(15)18(13)16-8-5-6-12-20(16)2;1-15-11-12-17(16-8-4-3-5-9-16)14-18(15)19-10-6-7-13-20(19)2;1-12-8-9-13-14-6-5-10-19-18(14)21-17(13)16(12)15-7-3-4-11-20(15)2;16*1-2/h3-15H,1-2H3;3-14H,1-2H3;3-12H,1-2H3;3-14H,1-2H3;3-11H,1-2H3;16*1-2H3/q5*+1;;;;;;;;;;;;;;;;. The van der Waals surface area contributed by atoms with Crippen molar-refractivity contribution in [3.63, 3.8) is 0 Å². The van der Waals surface area contributed by atoms with Gasteiger partial charge in [-0.05, 0) is 170 Å². The molecule has 0 radical (unpaired) electrons. The van der Waals surface area contributed by atoms with Crippen molar-refractivity contribution < 1.29 is 40.5 Å². The summed E-state index contributed by atoms with van der Waals surface area (Å²) in [5.74, 6) is 0. The van der Waals surface area contributed by atoms with E-state index in [1.165, 1.54) is 83.4 Å². The summed E-state index contributed by atoms with van der Waals surface area (Å²) in [6.45, 7) is 74.6. The fourth-order valence-electron chi connectivity index (χ4n) is 15.8. The summed E-state index contributed by atoms with van der Waals surface area (Å²) in [6.07, 6.45) is 17.6. The summed E-state index contributed by atoms with van der Waals surface area (Å²) >= 11 is 0. The minimum Gasteiger partial charge on any atom is -0.455 e. The van der Waals surface area contributed by atoms with Crippen molar-refractivity contribution in [2.24, 2.45) is 35.2 Å². The first kappa shape index (κ1) is 131. The van der Waals surface area contributed by atoms with E-state index in [2.05, 4.69) is 362 Å². The van der Waals surface area contributed by atoms with E-state index in [-0.39, 0.29) is 0 Å². The van der Waals surface area contributed by atoms with Gasteiger partial charge in [-0.15, -0.1) is 0 Å². The average molecular weight is 1990 g/mol. The topological polar surface area (TPSA) is 124 Å². The molecule has 0 aliphatic carbocycles. The molecular weight excluding hydrogens is 1810 g/mol. The minimum absolute atomic E-state index is 0.673. The van der Waals surface area contributed by atoms with Crippen LogP contribution in [0.3, 0.4) is 0 Å². The summed E-state index contributed by atoms with van der Waals surface area (Å²) in [6, 6.07) is 98.2. The first-order chi connectivity index (χ1) is 72.7. The molecule has 13 nitrogen and oxygen atoms in total. The average Bonchev–Trinajstić information content (AvgIpc) is 1.49. The van der Waals surface area contributed by atoms with Gasteiger partial charge in [0.1, 0.15) is 46.4 Å². The van der Waals surface area contributed by atoms with Crippen LogP contribution < -0.4 is 22.8 Å². The molecule has 0 fully saturated rings. The number of fused-ring (bicyclic) bond motifs is 12. The Morgan fingerprint density at radius 2 is 0.466 bits per heavy atom. The molecule has 13 heterocycles. The van der Waals surface area contributed by atoms with Crippen molar-refractivity contribution >= 4 is 88.1 Å². The van der Waals surface area contributed by atoms with Gasteiger partial charge in [0.05, 0.1) is 33.5 Å². The van der Waals surface area contributed by atoms with Crippen LogP contribution in [0.4, 0.5) is 0 Å². The molecule has 0 saturated carbocycles. The molecule has 0 aliphatic rings. The lowest BCUT2D eigenvalue weighted by Crippen LogP contribution is -2.31. The van der Waals surface area contributed by atoms with Crippen molar-refractivity contribution in [2.75, 3.05) is 0 Å². The Kier molecular flexibility index (Phi) is 65.9. The molecule has 0 spiro atoms. The zero-order chi connectivity index (χ0) is 112. The number of rotatable bonds is 8. The van der Waals surface area contributed by atoms with Gasteiger partial charge in [0.15, 0.2) is 47.7 Å². The van der Waals surface area contributed by atoms with Crippen LogP contribution in [0.1, 0.15) is 249 Å². The smallest absolute Gasteiger partial charge is 0.227 e. The van der Waals surface area contributed by atoms with E-state index in [1.54, 1.807) is 18.6 Å². The molecule has 0 amide bonds. The van der Waals surface area contributed by atoms with E-state index in [9.17, 15) is 0 Å². The van der Waals surface area contributed by atoms with Gasteiger partial charge in [-0.25, -0.2) is 37.8 Å². The van der Waals surface area contributed by atoms with E-state index in [1.807, 2.05) is 294 Å². The first-order valence-electron chi connectivity index (χ1n) is 54.9. The van der Waals surface area contributed by atoms with Gasteiger partial charge in [0, 0.05) is 128 Å². The fraction of sp³-hybridized carbons (Fsp3) is 0.311. The Balaban J connectivity index is 0.000000867. The molecular formula is C135H182N9O4+5. The van der Waals surface area contributed by atoms with Crippen LogP contribution in [-0.4, -0.2) is 19.9 Å². The van der Waals surface area contributed by atoms with E-state index < -0.39 is 0 Å². The summed E-state index contributed by atoms with van der Waals surface area (Å²) in [7, 11) is 10.3. The third-order valence-electron chi connectivity index (χ3n) is 21.8. The zero-order valence-electron chi connectivity index (χ0n) is 98.5. The molecule has 0 saturated heterocycles. The zero-order valence-corrected chi connectivity index (χ0v) is 98.5. The van der Waals surface area contributed by atoms with Gasteiger partial charge in [-0.1, -0.05) is 367 Å².